The number of amides is 1. The van der Waals surface area contributed by atoms with Crippen molar-refractivity contribution in [2.75, 3.05) is 40.4 Å². The molecule has 2 aromatic carbocycles. The van der Waals surface area contributed by atoms with Gasteiger partial charge in [-0.15, -0.1) is 0 Å². The van der Waals surface area contributed by atoms with Crippen LogP contribution in [0.5, 0.6) is 17.2 Å². The molecule has 0 bridgehead atoms. The Morgan fingerprint density at radius 1 is 0.933 bits per heavy atom. The van der Waals surface area contributed by atoms with E-state index in [1.54, 1.807) is 30.0 Å². The van der Waals surface area contributed by atoms with Crippen molar-refractivity contribution in [1.82, 2.24) is 9.21 Å². The molecular weight excluding hydrogens is 408 g/mol. The van der Waals surface area contributed by atoms with Crippen LogP contribution >= 0.6 is 0 Å². The van der Waals surface area contributed by atoms with E-state index in [1.807, 2.05) is 18.2 Å². The first kappa shape index (κ1) is 21.9. The first-order valence-corrected chi connectivity index (χ1v) is 11.0. The van der Waals surface area contributed by atoms with Crippen molar-refractivity contribution >= 4 is 15.9 Å². The van der Waals surface area contributed by atoms with Gasteiger partial charge in [0.25, 0.3) is 5.91 Å². The van der Waals surface area contributed by atoms with Crippen LogP contribution < -0.4 is 14.2 Å². The third kappa shape index (κ3) is 4.68. The summed E-state index contributed by atoms with van der Waals surface area (Å²) < 4.78 is 43.5. The number of hydrogen-bond donors (Lipinski definition) is 0. The predicted molar refractivity (Wildman–Crippen MR) is 111 cm³/mol. The van der Waals surface area contributed by atoms with Crippen LogP contribution in [0.3, 0.4) is 0 Å². The molecule has 1 saturated heterocycles. The van der Waals surface area contributed by atoms with Crippen molar-refractivity contribution in [2.24, 2.45) is 0 Å². The number of methoxy groups -OCH3 is 2. The van der Waals surface area contributed by atoms with Gasteiger partial charge in [-0.3, -0.25) is 4.79 Å². The standard InChI is InChI=1S/C21H26N2O6S/c1-16(29-17-7-5-4-6-8-17)21(24)22-11-13-23(14-12-22)30(25,26)18-9-10-19(27-2)20(15-18)28-3/h4-10,15-16H,11-14H2,1-3H3. The second kappa shape index (κ2) is 9.36. The molecule has 9 heteroatoms. The third-order valence-corrected chi connectivity index (χ3v) is 6.84. The van der Waals surface area contributed by atoms with Gasteiger partial charge in [-0.2, -0.15) is 4.31 Å². The van der Waals surface area contributed by atoms with Gasteiger partial charge < -0.3 is 19.1 Å². The lowest BCUT2D eigenvalue weighted by molar-refractivity contribution is -0.139. The topological polar surface area (TPSA) is 85.4 Å². The molecule has 30 heavy (non-hydrogen) atoms. The van der Waals surface area contributed by atoms with Gasteiger partial charge in [-0.05, 0) is 31.2 Å². The minimum absolute atomic E-state index is 0.126. The summed E-state index contributed by atoms with van der Waals surface area (Å²) in [6.07, 6.45) is -0.651. The molecule has 0 N–H and O–H groups in total. The van der Waals surface area contributed by atoms with Crippen LogP contribution in [0, 0.1) is 0 Å². The van der Waals surface area contributed by atoms with E-state index >= 15 is 0 Å². The van der Waals surface area contributed by atoms with Gasteiger partial charge in [0.05, 0.1) is 19.1 Å². The van der Waals surface area contributed by atoms with E-state index in [0.29, 0.717) is 30.3 Å². The Hall–Kier alpha value is -2.78. The van der Waals surface area contributed by atoms with Gasteiger partial charge in [0.2, 0.25) is 10.0 Å². The molecule has 1 amide bonds. The molecule has 1 aliphatic heterocycles. The lowest BCUT2D eigenvalue weighted by atomic mass is 10.3. The zero-order valence-electron chi connectivity index (χ0n) is 17.3. The summed E-state index contributed by atoms with van der Waals surface area (Å²) in [4.78, 5) is 14.4. The Morgan fingerprint density at radius 2 is 1.57 bits per heavy atom. The fraction of sp³-hybridized carbons (Fsp3) is 0.381. The van der Waals surface area contributed by atoms with Crippen LogP contribution in [0.1, 0.15) is 6.92 Å². The number of nitrogens with zero attached hydrogens (tertiary/aromatic N) is 2. The molecule has 162 valence electrons. The van der Waals surface area contributed by atoms with Gasteiger partial charge in [-0.1, -0.05) is 18.2 Å². The number of sulfonamides is 1. The van der Waals surface area contributed by atoms with Crippen molar-refractivity contribution in [3.63, 3.8) is 0 Å². The predicted octanol–water partition coefficient (Wildman–Crippen LogP) is 2.00. The molecule has 1 aliphatic rings. The number of piperazine rings is 1. The molecule has 1 heterocycles. The maximum atomic E-state index is 13.0. The van der Waals surface area contributed by atoms with E-state index in [0.717, 1.165) is 0 Å². The second-order valence-corrected chi connectivity index (χ2v) is 8.76. The molecule has 8 nitrogen and oxygen atoms in total. The zero-order chi connectivity index (χ0) is 21.7. The SMILES string of the molecule is COc1ccc(S(=O)(=O)N2CCN(C(=O)C(C)Oc3ccccc3)CC2)cc1OC. The molecule has 1 atom stereocenters. The van der Waals surface area contributed by atoms with Crippen molar-refractivity contribution in [3.8, 4) is 17.2 Å². The highest BCUT2D eigenvalue weighted by Crippen LogP contribution is 2.31. The maximum absolute atomic E-state index is 13.0. The van der Waals surface area contributed by atoms with Crippen molar-refractivity contribution in [3.05, 3.63) is 48.5 Å². The number of carbonyl (C=O) groups is 1. The third-order valence-electron chi connectivity index (χ3n) is 4.95. The number of para-hydroxylation sites is 1. The number of benzene rings is 2. The summed E-state index contributed by atoms with van der Waals surface area (Å²) in [5, 5.41) is 0. The van der Waals surface area contributed by atoms with E-state index in [9.17, 15) is 13.2 Å². The molecule has 0 saturated carbocycles. The highest BCUT2D eigenvalue weighted by atomic mass is 32.2. The summed E-state index contributed by atoms with van der Waals surface area (Å²) >= 11 is 0. The average Bonchev–Trinajstić information content (AvgIpc) is 2.78. The summed E-state index contributed by atoms with van der Waals surface area (Å²) in [5.74, 6) is 1.26. The van der Waals surface area contributed by atoms with Crippen LogP contribution in [0.4, 0.5) is 0 Å². The highest BCUT2D eigenvalue weighted by molar-refractivity contribution is 7.89. The van der Waals surface area contributed by atoms with Crippen molar-refractivity contribution in [1.29, 1.82) is 0 Å². The number of hydrogen-bond acceptors (Lipinski definition) is 6. The molecule has 0 aliphatic carbocycles. The Balaban J connectivity index is 1.63. The van der Waals surface area contributed by atoms with E-state index in [1.165, 1.54) is 30.7 Å². The van der Waals surface area contributed by atoms with Gasteiger partial charge >= 0.3 is 0 Å². The van der Waals surface area contributed by atoms with Gasteiger partial charge in [0.15, 0.2) is 17.6 Å². The number of rotatable bonds is 7. The first-order valence-electron chi connectivity index (χ1n) is 9.59. The first-order chi connectivity index (χ1) is 14.4. The number of carbonyl (C=O) groups excluding carboxylic acids is 1. The Bertz CT molecular complexity index is 972. The molecule has 0 spiro atoms. The van der Waals surface area contributed by atoms with E-state index in [4.69, 9.17) is 14.2 Å². The molecular formula is C21H26N2O6S. The van der Waals surface area contributed by atoms with E-state index in [2.05, 4.69) is 0 Å². The molecule has 1 fully saturated rings. The average molecular weight is 435 g/mol. The fourth-order valence-corrected chi connectivity index (χ4v) is 4.72. The number of ether oxygens (including phenoxy) is 3. The fourth-order valence-electron chi connectivity index (χ4n) is 3.29. The molecule has 0 aromatic heterocycles. The lowest BCUT2D eigenvalue weighted by Gasteiger charge is -2.35. The minimum Gasteiger partial charge on any atom is -0.493 e. The quantitative estimate of drug-likeness (QED) is 0.663. The van der Waals surface area contributed by atoms with Crippen LogP contribution in [0.2, 0.25) is 0 Å². The van der Waals surface area contributed by atoms with Crippen molar-refractivity contribution in [2.45, 2.75) is 17.9 Å². The normalized spacial score (nSPS) is 16.0. The van der Waals surface area contributed by atoms with Crippen LogP contribution in [-0.2, 0) is 14.8 Å². The van der Waals surface area contributed by atoms with Crippen LogP contribution in [0.15, 0.2) is 53.4 Å². The smallest absolute Gasteiger partial charge is 0.263 e. The highest BCUT2D eigenvalue weighted by Gasteiger charge is 2.32. The second-order valence-electron chi connectivity index (χ2n) is 6.82. The van der Waals surface area contributed by atoms with E-state index in [-0.39, 0.29) is 23.9 Å². The Morgan fingerprint density at radius 3 is 2.17 bits per heavy atom. The van der Waals surface area contributed by atoms with Crippen LogP contribution in [0.25, 0.3) is 0 Å². The summed E-state index contributed by atoms with van der Waals surface area (Å²) in [5.41, 5.74) is 0. The largest absolute Gasteiger partial charge is 0.493 e. The maximum Gasteiger partial charge on any atom is 0.263 e. The summed E-state index contributed by atoms with van der Waals surface area (Å²) in [6, 6.07) is 13.6. The Kier molecular flexibility index (Phi) is 6.84. The Labute approximate surface area is 177 Å². The molecule has 1 unspecified atom stereocenters. The summed E-state index contributed by atoms with van der Waals surface area (Å²) in [6.45, 7) is 2.71. The van der Waals surface area contributed by atoms with Crippen LogP contribution in [-0.4, -0.2) is 70.0 Å². The molecule has 3 rings (SSSR count). The van der Waals surface area contributed by atoms with Gasteiger partial charge in [0.1, 0.15) is 5.75 Å². The molecule has 2 aromatic rings. The lowest BCUT2D eigenvalue weighted by Crippen LogP contribution is -2.53. The van der Waals surface area contributed by atoms with E-state index < -0.39 is 16.1 Å². The molecule has 0 radical (unpaired) electrons. The zero-order valence-corrected chi connectivity index (χ0v) is 18.1. The minimum atomic E-state index is -3.71. The summed E-state index contributed by atoms with van der Waals surface area (Å²) in [7, 11) is -0.762. The van der Waals surface area contributed by atoms with Crippen molar-refractivity contribution < 1.29 is 27.4 Å². The monoisotopic (exact) mass is 434 g/mol. The van der Waals surface area contributed by atoms with Gasteiger partial charge in [-0.25, -0.2) is 8.42 Å². The van der Waals surface area contributed by atoms with Gasteiger partial charge in [0, 0.05) is 32.2 Å².